The van der Waals surface area contributed by atoms with Crippen LogP contribution >= 0.6 is 0 Å². The Labute approximate surface area is 169 Å². The van der Waals surface area contributed by atoms with Gasteiger partial charge in [0, 0.05) is 37.3 Å². The van der Waals surface area contributed by atoms with Crippen molar-refractivity contribution in [2.45, 2.75) is 69.7 Å². The lowest BCUT2D eigenvalue weighted by Crippen LogP contribution is -2.41. The molecule has 7 heteroatoms. The third-order valence-corrected chi connectivity index (χ3v) is 7.27. The average Bonchev–Trinajstić information content (AvgIpc) is 2.67. The number of nitrogens with zero attached hydrogens (tertiary/aromatic N) is 2. The van der Waals surface area contributed by atoms with E-state index in [1.54, 1.807) is 16.4 Å². The van der Waals surface area contributed by atoms with Gasteiger partial charge in [-0.25, -0.2) is 8.42 Å². The highest BCUT2D eigenvalue weighted by atomic mass is 32.2. The first-order chi connectivity index (χ1) is 13.2. The maximum absolute atomic E-state index is 13.5. The summed E-state index contributed by atoms with van der Waals surface area (Å²) in [6.07, 6.45) is 6.16. The molecule has 0 aromatic heterocycles. The highest BCUT2D eigenvalue weighted by Gasteiger charge is 2.31. The van der Waals surface area contributed by atoms with Gasteiger partial charge in [0.1, 0.15) is 4.90 Å². The lowest BCUT2D eigenvalue weighted by molar-refractivity contribution is 0.0919. The summed E-state index contributed by atoms with van der Waals surface area (Å²) in [5.41, 5.74) is 0.748. The number of sulfonamides is 1. The van der Waals surface area contributed by atoms with Gasteiger partial charge in [-0.1, -0.05) is 6.42 Å². The van der Waals surface area contributed by atoms with E-state index < -0.39 is 10.0 Å². The van der Waals surface area contributed by atoms with Gasteiger partial charge < -0.3 is 10.2 Å². The summed E-state index contributed by atoms with van der Waals surface area (Å²) in [6.45, 7) is 8.57. The molecule has 0 spiro atoms. The topological polar surface area (TPSA) is 69.7 Å². The van der Waals surface area contributed by atoms with Crippen LogP contribution in [0.2, 0.25) is 0 Å². The number of piperidine rings is 2. The van der Waals surface area contributed by atoms with Gasteiger partial charge in [0.15, 0.2) is 0 Å². The van der Waals surface area contributed by atoms with Crippen molar-refractivity contribution in [2.75, 3.05) is 31.1 Å². The van der Waals surface area contributed by atoms with Crippen LogP contribution in [0.15, 0.2) is 23.1 Å². The quantitative estimate of drug-likeness (QED) is 0.831. The van der Waals surface area contributed by atoms with Crippen LogP contribution in [0, 0.1) is 0 Å². The molecule has 2 saturated heterocycles. The number of nitrogens with one attached hydrogen (secondary N) is 1. The molecule has 1 aromatic rings. The summed E-state index contributed by atoms with van der Waals surface area (Å²) in [5.74, 6) is -0.243. The first-order valence-electron chi connectivity index (χ1n) is 10.4. The van der Waals surface area contributed by atoms with Crippen LogP contribution in [0.4, 0.5) is 5.69 Å². The van der Waals surface area contributed by atoms with Gasteiger partial charge in [-0.3, -0.25) is 4.79 Å². The highest BCUT2D eigenvalue weighted by molar-refractivity contribution is 7.89. The lowest BCUT2D eigenvalue weighted by Gasteiger charge is -2.33. The number of amides is 1. The fraction of sp³-hybridized carbons (Fsp3) is 0.667. The van der Waals surface area contributed by atoms with E-state index in [0.717, 1.165) is 50.9 Å². The fourth-order valence-electron chi connectivity index (χ4n) is 3.92. The van der Waals surface area contributed by atoms with Crippen molar-refractivity contribution in [2.24, 2.45) is 0 Å². The highest BCUT2D eigenvalue weighted by Crippen LogP contribution is 2.32. The molecule has 2 aliphatic rings. The molecule has 0 atom stereocenters. The summed E-state index contributed by atoms with van der Waals surface area (Å²) in [4.78, 5) is 15.1. The molecule has 0 aliphatic carbocycles. The minimum atomic E-state index is -3.63. The summed E-state index contributed by atoms with van der Waals surface area (Å²) in [7, 11) is -3.63. The Bertz CT molecular complexity index is 803. The van der Waals surface area contributed by atoms with Crippen LogP contribution in [0.25, 0.3) is 0 Å². The predicted octanol–water partition coefficient (Wildman–Crippen LogP) is 3.38. The van der Waals surface area contributed by atoms with Crippen molar-refractivity contribution in [3.8, 4) is 0 Å². The van der Waals surface area contributed by atoms with Gasteiger partial charge in [-0.2, -0.15) is 4.31 Å². The lowest BCUT2D eigenvalue weighted by atomic mass is 10.1. The molecule has 0 unspecified atom stereocenters. The Hall–Kier alpha value is -1.60. The van der Waals surface area contributed by atoms with E-state index in [9.17, 15) is 13.2 Å². The molecular weight excluding hydrogens is 374 g/mol. The van der Waals surface area contributed by atoms with Gasteiger partial charge in [0.25, 0.3) is 5.91 Å². The molecule has 2 heterocycles. The third kappa shape index (κ3) is 4.87. The molecule has 0 bridgehead atoms. The average molecular weight is 408 g/mol. The van der Waals surface area contributed by atoms with Crippen LogP contribution in [-0.2, 0) is 10.0 Å². The zero-order chi connectivity index (χ0) is 20.4. The molecule has 2 aliphatic heterocycles. The van der Waals surface area contributed by atoms with E-state index in [2.05, 4.69) is 10.2 Å². The second-order valence-electron chi connectivity index (χ2n) is 8.90. The summed E-state index contributed by atoms with van der Waals surface area (Å²) < 4.78 is 28.5. The van der Waals surface area contributed by atoms with Crippen molar-refractivity contribution in [1.29, 1.82) is 0 Å². The molecule has 0 radical (unpaired) electrons. The second kappa shape index (κ2) is 8.41. The van der Waals surface area contributed by atoms with Gasteiger partial charge in [-0.15, -0.1) is 0 Å². The molecule has 2 fully saturated rings. The van der Waals surface area contributed by atoms with E-state index >= 15 is 0 Å². The fourth-order valence-corrected chi connectivity index (χ4v) is 5.67. The smallest absolute Gasteiger partial charge is 0.251 e. The van der Waals surface area contributed by atoms with Crippen LogP contribution < -0.4 is 10.2 Å². The largest absolute Gasteiger partial charge is 0.370 e. The second-order valence-corrected chi connectivity index (χ2v) is 10.8. The molecular formula is C21H33N3O3S. The van der Waals surface area contributed by atoms with Crippen LogP contribution in [0.1, 0.15) is 69.7 Å². The van der Waals surface area contributed by atoms with Crippen molar-refractivity contribution < 1.29 is 13.2 Å². The normalized spacial score (nSPS) is 19.5. The molecule has 0 saturated carbocycles. The van der Waals surface area contributed by atoms with Crippen LogP contribution in [0.3, 0.4) is 0 Å². The van der Waals surface area contributed by atoms with Crippen molar-refractivity contribution in [3.63, 3.8) is 0 Å². The Morgan fingerprint density at radius 1 is 0.929 bits per heavy atom. The van der Waals surface area contributed by atoms with E-state index in [1.165, 1.54) is 6.42 Å². The zero-order valence-electron chi connectivity index (χ0n) is 17.3. The maximum Gasteiger partial charge on any atom is 0.251 e. The van der Waals surface area contributed by atoms with E-state index in [0.29, 0.717) is 18.7 Å². The molecule has 1 N–H and O–H groups in total. The Morgan fingerprint density at radius 2 is 1.50 bits per heavy atom. The Kier molecular flexibility index (Phi) is 6.34. The number of carbonyl (C=O) groups is 1. The summed E-state index contributed by atoms with van der Waals surface area (Å²) >= 11 is 0. The van der Waals surface area contributed by atoms with Crippen LogP contribution in [-0.4, -0.2) is 50.3 Å². The molecule has 1 aromatic carbocycles. The minimum absolute atomic E-state index is 0.243. The standard InChI is InChI=1S/C21H33N3O3S/c1-21(2,3)22-20(25)17-10-11-18(23-12-6-4-7-13-23)19(16-17)28(26,27)24-14-8-5-9-15-24/h10-11,16H,4-9,12-15H2,1-3H3,(H,22,25). The maximum atomic E-state index is 13.5. The predicted molar refractivity (Wildman–Crippen MR) is 112 cm³/mol. The van der Waals surface area contributed by atoms with E-state index in [4.69, 9.17) is 0 Å². The third-order valence-electron chi connectivity index (χ3n) is 5.34. The first-order valence-corrected chi connectivity index (χ1v) is 11.8. The van der Waals surface area contributed by atoms with Crippen molar-refractivity contribution >= 4 is 21.6 Å². The number of benzene rings is 1. The Balaban J connectivity index is 2.01. The molecule has 156 valence electrons. The van der Waals surface area contributed by atoms with Gasteiger partial charge in [0.05, 0.1) is 5.69 Å². The minimum Gasteiger partial charge on any atom is -0.370 e. The summed E-state index contributed by atoms with van der Waals surface area (Å²) in [6, 6.07) is 5.15. The molecule has 28 heavy (non-hydrogen) atoms. The van der Waals surface area contributed by atoms with Gasteiger partial charge in [0.2, 0.25) is 10.0 Å². The van der Waals surface area contributed by atoms with Crippen LogP contribution in [0.5, 0.6) is 0 Å². The number of hydrogen-bond donors (Lipinski definition) is 1. The van der Waals surface area contributed by atoms with Crippen molar-refractivity contribution in [3.05, 3.63) is 23.8 Å². The number of hydrogen-bond acceptors (Lipinski definition) is 4. The number of anilines is 1. The first kappa shape index (κ1) is 21.1. The zero-order valence-corrected chi connectivity index (χ0v) is 18.1. The summed E-state index contributed by atoms with van der Waals surface area (Å²) in [5, 5.41) is 2.93. The monoisotopic (exact) mass is 407 g/mol. The van der Waals surface area contributed by atoms with E-state index in [1.807, 2.05) is 26.8 Å². The number of carbonyl (C=O) groups excluding carboxylic acids is 1. The molecule has 1 amide bonds. The van der Waals surface area contributed by atoms with Gasteiger partial charge in [-0.05, 0) is 71.1 Å². The van der Waals surface area contributed by atoms with E-state index in [-0.39, 0.29) is 16.3 Å². The SMILES string of the molecule is CC(C)(C)NC(=O)c1ccc(N2CCCCC2)c(S(=O)(=O)N2CCCCC2)c1. The number of rotatable bonds is 4. The molecule has 3 rings (SSSR count). The van der Waals surface area contributed by atoms with Crippen molar-refractivity contribution in [1.82, 2.24) is 9.62 Å². The molecule has 6 nitrogen and oxygen atoms in total. The van der Waals surface area contributed by atoms with Gasteiger partial charge >= 0.3 is 0 Å². The Morgan fingerprint density at radius 3 is 2.07 bits per heavy atom.